The molecule has 1 N–H and O–H groups in total. The highest BCUT2D eigenvalue weighted by Gasteiger charge is 2.25. The number of anilines is 1. The van der Waals surface area contributed by atoms with Crippen LogP contribution in [0.1, 0.15) is 69.3 Å². The molecule has 0 aliphatic carbocycles. The third kappa shape index (κ3) is 5.73. The van der Waals surface area contributed by atoms with Crippen LogP contribution in [0.4, 0.5) is 5.69 Å². The average molecular weight is 493 g/mol. The van der Waals surface area contributed by atoms with E-state index < -0.39 is 0 Å². The molecule has 1 saturated heterocycles. The van der Waals surface area contributed by atoms with Gasteiger partial charge in [-0.3, -0.25) is 14.2 Å². The molecule has 3 heterocycles. The molecule has 1 aromatic carbocycles. The smallest absolute Gasteiger partial charge is 0.234 e. The van der Waals surface area contributed by atoms with E-state index in [-0.39, 0.29) is 17.6 Å². The van der Waals surface area contributed by atoms with E-state index in [1.54, 1.807) is 11.1 Å². The minimum Gasteiger partial charge on any atom is -0.335 e. The molecule has 9 heteroatoms. The number of hydrogen-bond acceptors (Lipinski definition) is 6. The van der Waals surface area contributed by atoms with Gasteiger partial charge in [-0.1, -0.05) is 63.7 Å². The number of para-hydroxylation sites is 1. The Labute approximate surface area is 210 Å². The van der Waals surface area contributed by atoms with Crippen molar-refractivity contribution in [2.75, 3.05) is 17.6 Å². The van der Waals surface area contributed by atoms with Crippen molar-refractivity contribution in [2.24, 2.45) is 0 Å². The van der Waals surface area contributed by atoms with Crippen LogP contribution in [0.25, 0.3) is 5.82 Å². The van der Waals surface area contributed by atoms with Crippen LogP contribution in [0.2, 0.25) is 0 Å². The van der Waals surface area contributed by atoms with E-state index in [1.165, 1.54) is 11.8 Å². The number of pyridine rings is 1. The van der Waals surface area contributed by atoms with Crippen LogP contribution >= 0.6 is 11.8 Å². The van der Waals surface area contributed by atoms with Crippen molar-refractivity contribution in [1.29, 1.82) is 0 Å². The van der Waals surface area contributed by atoms with Gasteiger partial charge in [-0.05, 0) is 41.5 Å². The molecule has 4 rings (SSSR count). The lowest BCUT2D eigenvalue weighted by Gasteiger charge is -2.20. The molecular formula is C26H32N6O2S. The first-order chi connectivity index (χ1) is 16.8. The molecule has 0 unspecified atom stereocenters. The molecule has 3 aromatic rings. The maximum Gasteiger partial charge on any atom is 0.234 e. The van der Waals surface area contributed by atoms with Crippen molar-refractivity contribution < 1.29 is 9.59 Å². The highest BCUT2D eigenvalue weighted by molar-refractivity contribution is 7.99. The summed E-state index contributed by atoms with van der Waals surface area (Å²) in [5.41, 5.74) is 3.16. The zero-order valence-electron chi connectivity index (χ0n) is 20.7. The summed E-state index contributed by atoms with van der Waals surface area (Å²) in [7, 11) is 0. The first-order valence-electron chi connectivity index (χ1n) is 12.0. The normalized spacial score (nSPS) is 13.8. The molecule has 0 atom stereocenters. The van der Waals surface area contributed by atoms with E-state index in [0.717, 1.165) is 23.2 Å². The highest BCUT2D eigenvalue weighted by atomic mass is 32.2. The predicted octanol–water partition coefficient (Wildman–Crippen LogP) is 4.76. The third-order valence-corrected chi connectivity index (χ3v) is 6.98. The molecule has 1 aliphatic heterocycles. The number of aromatic nitrogens is 4. The second-order valence-electron chi connectivity index (χ2n) is 9.30. The van der Waals surface area contributed by atoms with Crippen LogP contribution in [0.5, 0.6) is 0 Å². The molecule has 35 heavy (non-hydrogen) atoms. The Kier molecular flexibility index (Phi) is 7.85. The molecular weight excluding hydrogens is 460 g/mol. The lowest BCUT2D eigenvalue weighted by Crippen LogP contribution is -2.26. The molecule has 0 spiro atoms. The van der Waals surface area contributed by atoms with E-state index >= 15 is 0 Å². The van der Waals surface area contributed by atoms with Crippen molar-refractivity contribution in [1.82, 2.24) is 24.6 Å². The number of amides is 2. The molecule has 0 bridgehead atoms. The number of nitrogens with zero attached hydrogens (tertiary/aromatic N) is 5. The topological polar surface area (TPSA) is 93.0 Å². The summed E-state index contributed by atoms with van der Waals surface area (Å²) < 4.78 is 1.84. The minimum atomic E-state index is -0.100. The fourth-order valence-corrected chi connectivity index (χ4v) is 5.01. The molecule has 0 saturated carbocycles. The summed E-state index contributed by atoms with van der Waals surface area (Å²) in [5.74, 6) is 2.08. The van der Waals surface area contributed by atoms with Crippen molar-refractivity contribution in [3.63, 3.8) is 0 Å². The molecule has 1 aliphatic rings. The summed E-state index contributed by atoms with van der Waals surface area (Å²) in [6.45, 7) is 9.61. The van der Waals surface area contributed by atoms with Gasteiger partial charge >= 0.3 is 0 Å². The van der Waals surface area contributed by atoms with Crippen LogP contribution in [0, 0.1) is 0 Å². The maximum atomic E-state index is 13.1. The quantitative estimate of drug-likeness (QED) is 0.433. The monoisotopic (exact) mass is 492 g/mol. The fraction of sp³-hybridized carbons (Fsp3) is 0.423. The first-order valence-corrected chi connectivity index (χ1v) is 13.0. The van der Waals surface area contributed by atoms with Gasteiger partial charge in [-0.15, -0.1) is 10.2 Å². The SMILES string of the molecule is CC(C)c1cccc(C(C)C)c1NC(=O)CSc1nnc(CN2CCCC2=O)n1-c1ccccn1. The second-order valence-corrected chi connectivity index (χ2v) is 10.2. The van der Waals surface area contributed by atoms with Gasteiger partial charge < -0.3 is 10.2 Å². The van der Waals surface area contributed by atoms with E-state index in [9.17, 15) is 9.59 Å². The standard InChI is InChI=1S/C26H32N6O2S/c1-17(2)19-9-7-10-20(18(3)4)25(19)28-23(33)16-35-26-30-29-22(15-31-14-8-12-24(31)34)32(26)21-11-5-6-13-27-21/h5-7,9-11,13,17-18H,8,12,14-16H2,1-4H3,(H,28,33). The molecule has 8 nitrogen and oxygen atoms in total. The lowest BCUT2D eigenvalue weighted by molar-refractivity contribution is -0.128. The average Bonchev–Trinajstić information content (AvgIpc) is 3.44. The van der Waals surface area contributed by atoms with Crippen molar-refractivity contribution in [3.05, 3.63) is 59.5 Å². The largest absolute Gasteiger partial charge is 0.335 e. The summed E-state index contributed by atoms with van der Waals surface area (Å²) in [6.07, 6.45) is 3.13. The number of thioether (sulfide) groups is 1. The van der Waals surface area contributed by atoms with Crippen LogP contribution in [-0.4, -0.2) is 48.8 Å². The molecule has 1 fully saturated rings. The van der Waals surface area contributed by atoms with Gasteiger partial charge in [0.25, 0.3) is 0 Å². The molecule has 184 valence electrons. The van der Waals surface area contributed by atoms with Gasteiger partial charge in [0.05, 0.1) is 12.3 Å². The fourth-order valence-electron chi connectivity index (χ4n) is 4.26. The Morgan fingerprint density at radius 2 is 1.80 bits per heavy atom. The van der Waals surface area contributed by atoms with Crippen molar-refractivity contribution in [3.8, 4) is 5.82 Å². The zero-order valence-corrected chi connectivity index (χ0v) is 21.5. The van der Waals surface area contributed by atoms with Gasteiger partial charge in [0.1, 0.15) is 5.82 Å². The summed E-state index contributed by atoms with van der Waals surface area (Å²) >= 11 is 1.31. The Bertz CT molecular complexity index is 1170. The van der Waals surface area contributed by atoms with Crippen molar-refractivity contribution in [2.45, 2.75) is 64.1 Å². The van der Waals surface area contributed by atoms with Gasteiger partial charge in [-0.2, -0.15) is 0 Å². The van der Waals surface area contributed by atoms with Gasteiger partial charge in [-0.25, -0.2) is 4.98 Å². The number of rotatable bonds is 9. The molecule has 2 aromatic heterocycles. The maximum absolute atomic E-state index is 13.1. The Morgan fingerprint density at radius 1 is 1.06 bits per heavy atom. The predicted molar refractivity (Wildman–Crippen MR) is 138 cm³/mol. The van der Waals surface area contributed by atoms with Gasteiger partial charge in [0.2, 0.25) is 11.8 Å². The number of likely N-dealkylation sites (tertiary alicyclic amines) is 1. The number of benzene rings is 1. The van der Waals surface area contributed by atoms with Gasteiger partial charge in [0, 0.05) is 24.8 Å². The van der Waals surface area contributed by atoms with E-state index in [2.05, 4.69) is 66.4 Å². The van der Waals surface area contributed by atoms with Crippen molar-refractivity contribution >= 4 is 29.3 Å². The lowest BCUT2D eigenvalue weighted by atomic mass is 9.92. The van der Waals surface area contributed by atoms with E-state index in [1.807, 2.05) is 22.8 Å². The molecule has 2 amide bonds. The van der Waals surface area contributed by atoms with Crippen LogP contribution in [-0.2, 0) is 16.1 Å². The van der Waals surface area contributed by atoms with Crippen LogP contribution < -0.4 is 5.32 Å². The number of nitrogens with one attached hydrogen (secondary N) is 1. The third-order valence-electron chi connectivity index (χ3n) is 6.05. The molecule has 0 radical (unpaired) electrons. The second kappa shape index (κ2) is 11.0. The Morgan fingerprint density at radius 3 is 2.40 bits per heavy atom. The Hall–Kier alpha value is -3.20. The van der Waals surface area contributed by atoms with Crippen LogP contribution in [0.3, 0.4) is 0 Å². The van der Waals surface area contributed by atoms with E-state index in [4.69, 9.17) is 0 Å². The summed E-state index contributed by atoms with van der Waals surface area (Å²) in [6, 6.07) is 11.8. The number of carbonyl (C=O) groups is 2. The highest BCUT2D eigenvalue weighted by Crippen LogP contribution is 2.33. The number of hydrogen-bond donors (Lipinski definition) is 1. The Balaban J connectivity index is 1.54. The van der Waals surface area contributed by atoms with E-state index in [0.29, 0.717) is 48.1 Å². The zero-order chi connectivity index (χ0) is 24.9. The summed E-state index contributed by atoms with van der Waals surface area (Å²) in [5, 5.41) is 12.4. The van der Waals surface area contributed by atoms with Crippen LogP contribution in [0.15, 0.2) is 47.8 Å². The first kappa shape index (κ1) is 24.9. The summed E-state index contributed by atoms with van der Waals surface area (Å²) in [4.78, 5) is 31.5. The number of carbonyl (C=O) groups excluding carboxylic acids is 2. The minimum absolute atomic E-state index is 0.100. The van der Waals surface area contributed by atoms with Gasteiger partial charge in [0.15, 0.2) is 11.0 Å².